The topological polar surface area (TPSA) is 64.4 Å². The molecule has 128 valence electrons. The minimum atomic E-state index is -0.0249. The van der Waals surface area contributed by atoms with Gasteiger partial charge in [-0.3, -0.25) is 9.78 Å². The smallest absolute Gasteiger partial charge is 0.224 e. The lowest BCUT2D eigenvalue weighted by Crippen LogP contribution is -2.24. The number of carbonyl (C=O) groups excluding carboxylic acids is 1. The molecule has 2 heterocycles. The first-order valence-electron chi connectivity index (χ1n) is 8.20. The van der Waals surface area contributed by atoms with E-state index in [1.807, 2.05) is 49.4 Å². The number of hydrogen-bond donors (Lipinski definition) is 1. The molecule has 5 heteroatoms. The average Bonchev–Trinajstić information content (AvgIpc) is 3.17. The van der Waals surface area contributed by atoms with Crippen LogP contribution in [0.4, 0.5) is 0 Å². The number of hydrogen-bond acceptors (Lipinski definition) is 4. The number of nitrogens with zero attached hydrogens (tertiary/aromatic N) is 1. The maximum atomic E-state index is 12.1. The highest BCUT2D eigenvalue weighted by Crippen LogP contribution is 2.17. The highest BCUT2D eigenvalue weighted by atomic mass is 16.5. The molecule has 1 N–H and O–H groups in total. The molecule has 0 radical (unpaired) electrons. The monoisotopic (exact) mass is 336 g/mol. The first-order chi connectivity index (χ1) is 12.2. The molecule has 0 unspecified atom stereocenters. The van der Waals surface area contributed by atoms with Crippen LogP contribution in [0.25, 0.3) is 11.3 Å². The van der Waals surface area contributed by atoms with Crippen molar-refractivity contribution >= 4 is 5.91 Å². The number of ether oxygens (including phenoxy) is 1. The highest BCUT2D eigenvalue weighted by Gasteiger charge is 2.05. The zero-order valence-electron chi connectivity index (χ0n) is 14.1. The lowest BCUT2D eigenvalue weighted by molar-refractivity contribution is -0.120. The van der Waals surface area contributed by atoms with Gasteiger partial charge in [-0.25, -0.2) is 0 Å². The molecule has 0 saturated carbocycles. The Kier molecular flexibility index (Phi) is 5.46. The molecule has 0 saturated heterocycles. The summed E-state index contributed by atoms with van der Waals surface area (Å²) in [7, 11) is 0. The molecule has 1 aromatic carbocycles. The molecule has 0 spiro atoms. The van der Waals surface area contributed by atoms with Gasteiger partial charge in [0.2, 0.25) is 5.91 Å². The van der Waals surface area contributed by atoms with Gasteiger partial charge in [0, 0.05) is 18.3 Å². The number of amides is 1. The summed E-state index contributed by atoms with van der Waals surface area (Å²) < 4.78 is 10.4. The van der Waals surface area contributed by atoms with Crippen LogP contribution < -0.4 is 10.1 Å². The number of furan rings is 1. The fourth-order valence-corrected chi connectivity index (χ4v) is 2.43. The van der Waals surface area contributed by atoms with Gasteiger partial charge < -0.3 is 14.5 Å². The maximum absolute atomic E-state index is 12.1. The van der Waals surface area contributed by atoms with Gasteiger partial charge in [-0.2, -0.15) is 0 Å². The van der Waals surface area contributed by atoms with Crippen molar-refractivity contribution < 1.29 is 13.9 Å². The Balaban J connectivity index is 1.50. The Morgan fingerprint density at radius 1 is 1.12 bits per heavy atom. The second-order valence-corrected chi connectivity index (χ2v) is 5.59. The fourth-order valence-electron chi connectivity index (χ4n) is 2.43. The van der Waals surface area contributed by atoms with E-state index in [1.54, 1.807) is 18.7 Å². The van der Waals surface area contributed by atoms with Gasteiger partial charge in [0.25, 0.3) is 0 Å². The molecule has 3 aromatic rings. The van der Waals surface area contributed by atoms with Gasteiger partial charge in [0.1, 0.15) is 5.75 Å². The van der Waals surface area contributed by atoms with Gasteiger partial charge in [-0.1, -0.05) is 18.2 Å². The van der Waals surface area contributed by atoms with Crippen molar-refractivity contribution in [1.82, 2.24) is 10.3 Å². The second kappa shape index (κ2) is 8.15. The largest absolute Gasteiger partial charge is 0.494 e. The summed E-state index contributed by atoms with van der Waals surface area (Å²) in [5.74, 6) is 0.790. The first kappa shape index (κ1) is 16.8. The van der Waals surface area contributed by atoms with Gasteiger partial charge in [-0.05, 0) is 42.3 Å². The molecule has 0 aliphatic carbocycles. The summed E-state index contributed by atoms with van der Waals surface area (Å²) in [5.41, 5.74) is 3.69. The van der Waals surface area contributed by atoms with Gasteiger partial charge >= 0.3 is 0 Å². The van der Waals surface area contributed by atoms with Crippen LogP contribution in [0.1, 0.15) is 18.1 Å². The minimum Gasteiger partial charge on any atom is -0.494 e. The third-order valence-corrected chi connectivity index (χ3v) is 3.73. The summed E-state index contributed by atoms with van der Waals surface area (Å²) in [6.07, 6.45) is 5.37. The first-order valence-corrected chi connectivity index (χ1v) is 8.20. The van der Waals surface area contributed by atoms with Crippen LogP contribution in [0.2, 0.25) is 0 Å². The van der Waals surface area contributed by atoms with Crippen LogP contribution in [0, 0.1) is 0 Å². The standard InChI is InChI=1S/C20H20N2O3/c1-2-25-18-6-3-15(4-7-18)11-20(23)22-13-16-5-8-19(21-12-16)17-9-10-24-14-17/h3-10,12,14H,2,11,13H2,1H3,(H,22,23). The van der Waals surface area contributed by atoms with Crippen LogP contribution in [0.5, 0.6) is 5.75 Å². The van der Waals surface area contributed by atoms with Crippen LogP contribution >= 0.6 is 0 Å². The zero-order chi connectivity index (χ0) is 17.5. The van der Waals surface area contributed by atoms with E-state index in [2.05, 4.69) is 10.3 Å². The Labute approximate surface area is 146 Å². The van der Waals surface area contributed by atoms with Crippen LogP contribution in [0.15, 0.2) is 65.6 Å². The number of carbonyl (C=O) groups is 1. The van der Waals surface area contributed by atoms with E-state index in [9.17, 15) is 4.79 Å². The molecule has 0 fully saturated rings. The van der Waals surface area contributed by atoms with Crippen molar-refractivity contribution in [3.8, 4) is 17.0 Å². The molecule has 0 atom stereocenters. The van der Waals surface area contributed by atoms with E-state index in [0.717, 1.165) is 28.1 Å². The van der Waals surface area contributed by atoms with Crippen LogP contribution in [-0.4, -0.2) is 17.5 Å². The summed E-state index contributed by atoms with van der Waals surface area (Å²) in [4.78, 5) is 16.5. The SMILES string of the molecule is CCOc1ccc(CC(=O)NCc2ccc(-c3ccoc3)nc2)cc1. The Bertz CT molecular complexity index is 794. The Morgan fingerprint density at radius 3 is 2.56 bits per heavy atom. The summed E-state index contributed by atoms with van der Waals surface area (Å²) in [6, 6.07) is 13.3. The fraction of sp³-hybridized carbons (Fsp3) is 0.200. The van der Waals surface area contributed by atoms with E-state index in [0.29, 0.717) is 19.6 Å². The molecule has 3 rings (SSSR count). The number of rotatable bonds is 7. The lowest BCUT2D eigenvalue weighted by atomic mass is 10.1. The van der Waals surface area contributed by atoms with Gasteiger partial charge in [0.05, 0.1) is 31.2 Å². The summed E-state index contributed by atoms with van der Waals surface area (Å²) >= 11 is 0. The highest BCUT2D eigenvalue weighted by molar-refractivity contribution is 5.78. The molecule has 0 bridgehead atoms. The lowest BCUT2D eigenvalue weighted by Gasteiger charge is -2.07. The number of pyridine rings is 1. The van der Waals surface area contributed by atoms with Crippen molar-refractivity contribution in [2.24, 2.45) is 0 Å². The Hall–Kier alpha value is -3.08. The third kappa shape index (κ3) is 4.70. The normalized spacial score (nSPS) is 10.4. The molecule has 5 nitrogen and oxygen atoms in total. The van der Waals surface area contributed by atoms with E-state index in [1.165, 1.54) is 0 Å². The summed E-state index contributed by atoms with van der Waals surface area (Å²) in [5, 5.41) is 2.91. The zero-order valence-corrected chi connectivity index (χ0v) is 14.1. The van der Waals surface area contributed by atoms with Crippen molar-refractivity contribution in [3.05, 3.63) is 72.3 Å². The van der Waals surface area contributed by atoms with Crippen LogP contribution in [-0.2, 0) is 17.8 Å². The molecule has 0 aliphatic heterocycles. The quantitative estimate of drug-likeness (QED) is 0.716. The number of nitrogens with one attached hydrogen (secondary N) is 1. The molecule has 0 aliphatic rings. The molecular formula is C20H20N2O3. The van der Waals surface area contributed by atoms with Gasteiger partial charge in [0.15, 0.2) is 0 Å². The predicted octanol–water partition coefficient (Wildman–Crippen LogP) is 3.60. The summed E-state index contributed by atoms with van der Waals surface area (Å²) in [6.45, 7) is 3.03. The molecular weight excluding hydrogens is 316 g/mol. The average molecular weight is 336 g/mol. The number of aromatic nitrogens is 1. The second-order valence-electron chi connectivity index (χ2n) is 5.59. The van der Waals surface area contributed by atoms with E-state index < -0.39 is 0 Å². The van der Waals surface area contributed by atoms with E-state index >= 15 is 0 Å². The van der Waals surface area contributed by atoms with Crippen molar-refractivity contribution in [1.29, 1.82) is 0 Å². The third-order valence-electron chi connectivity index (χ3n) is 3.73. The molecule has 25 heavy (non-hydrogen) atoms. The van der Waals surface area contributed by atoms with E-state index in [4.69, 9.17) is 9.15 Å². The molecule has 1 amide bonds. The maximum Gasteiger partial charge on any atom is 0.224 e. The van der Waals surface area contributed by atoms with Gasteiger partial charge in [-0.15, -0.1) is 0 Å². The minimum absolute atomic E-state index is 0.0249. The van der Waals surface area contributed by atoms with E-state index in [-0.39, 0.29) is 5.91 Å². The van der Waals surface area contributed by atoms with Crippen molar-refractivity contribution in [2.45, 2.75) is 19.9 Å². The molecule has 2 aromatic heterocycles. The van der Waals surface area contributed by atoms with Crippen LogP contribution in [0.3, 0.4) is 0 Å². The Morgan fingerprint density at radius 2 is 1.92 bits per heavy atom. The van der Waals surface area contributed by atoms with Crippen molar-refractivity contribution in [2.75, 3.05) is 6.61 Å². The predicted molar refractivity (Wildman–Crippen MR) is 95.1 cm³/mol. The van der Waals surface area contributed by atoms with Crippen molar-refractivity contribution in [3.63, 3.8) is 0 Å². The number of benzene rings is 1.